The van der Waals surface area contributed by atoms with Crippen LogP contribution in [-0.4, -0.2) is 25.5 Å². The second kappa shape index (κ2) is 5.82. The minimum Gasteiger partial charge on any atom is -0.355 e. The molecular weight excluding hydrogens is 236 g/mol. The predicted octanol–water partition coefficient (Wildman–Crippen LogP) is 2.71. The van der Waals surface area contributed by atoms with Crippen LogP contribution in [0.3, 0.4) is 0 Å². The van der Waals surface area contributed by atoms with Crippen LogP contribution in [0.5, 0.6) is 0 Å². The summed E-state index contributed by atoms with van der Waals surface area (Å²) in [5.41, 5.74) is 0.216. The molecule has 2 fully saturated rings. The SMILES string of the molecule is CCC1(CNC(=O)C2(C(C)C)CCNC2)CCCC1. The molecule has 2 aliphatic rings. The van der Waals surface area contributed by atoms with E-state index in [9.17, 15) is 4.79 Å². The van der Waals surface area contributed by atoms with Crippen LogP contribution in [0, 0.1) is 16.7 Å². The third kappa shape index (κ3) is 2.81. The lowest BCUT2D eigenvalue weighted by Gasteiger charge is -2.34. The van der Waals surface area contributed by atoms with Crippen molar-refractivity contribution in [1.82, 2.24) is 10.6 Å². The molecule has 0 bridgehead atoms. The molecule has 1 amide bonds. The summed E-state index contributed by atoms with van der Waals surface area (Å²) in [6, 6.07) is 0. The van der Waals surface area contributed by atoms with Gasteiger partial charge in [0, 0.05) is 13.1 Å². The molecule has 3 heteroatoms. The van der Waals surface area contributed by atoms with E-state index < -0.39 is 0 Å². The van der Waals surface area contributed by atoms with Crippen molar-refractivity contribution < 1.29 is 4.79 Å². The summed E-state index contributed by atoms with van der Waals surface area (Å²) >= 11 is 0. The first kappa shape index (κ1) is 14.8. The summed E-state index contributed by atoms with van der Waals surface area (Å²) in [5.74, 6) is 0.691. The second-order valence-corrected chi connectivity index (χ2v) is 6.98. The molecule has 0 aromatic rings. The Morgan fingerprint density at radius 1 is 1.26 bits per heavy atom. The van der Waals surface area contributed by atoms with E-state index in [1.54, 1.807) is 0 Å². The summed E-state index contributed by atoms with van der Waals surface area (Å²) in [7, 11) is 0. The molecule has 1 saturated heterocycles. The highest BCUT2D eigenvalue weighted by Gasteiger charge is 2.44. The fourth-order valence-corrected chi connectivity index (χ4v) is 3.88. The number of amides is 1. The Balaban J connectivity index is 1.96. The maximum atomic E-state index is 12.7. The summed E-state index contributed by atoms with van der Waals surface area (Å²) in [6.07, 6.45) is 7.42. The third-order valence-electron chi connectivity index (χ3n) is 5.78. The highest BCUT2D eigenvalue weighted by molar-refractivity contribution is 5.83. The average molecular weight is 266 g/mol. The molecule has 0 radical (unpaired) electrons. The Hall–Kier alpha value is -0.570. The van der Waals surface area contributed by atoms with Gasteiger partial charge < -0.3 is 10.6 Å². The van der Waals surface area contributed by atoms with Crippen molar-refractivity contribution in [3.05, 3.63) is 0 Å². The number of rotatable bonds is 5. The normalized spacial score (nSPS) is 29.9. The molecule has 0 aromatic carbocycles. The Labute approximate surface area is 117 Å². The number of hydrogen-bond donors (Lipinski definition) is 2. The van der Waals surface area contributed by atoms with Gasteiger partial charge in [-0.2, -0.15) is 0 Å². The van der Waals surface area contributed by atoms with Gasteiger partial charge in [0.25, 0.3) is 0 Å². The van der Waals surface area contributed by atoms with Gasteiger partial charge in [-0.05, 0) is 43.6 Å². The zero-order chi connectivity index (χ0) is 13.9. The lowest BCUT2D eigenvalue weighted by atomic mass is 9.75. The van der Waals surface area contributed by atoms with E-state index in [1.165, 1.54) is 32.1 Å². The molecule has 1 saturated carbocycles. The molecule has 1 heterocycles. The van der Waals surface area contributed by atoms with Crippen LogP contribution < -0.4 is 10.6 Å². The minimum atomic E-state index is -0.173. The van der Waals surface area contributed by atoms with E-state index in [0.717, 1.165) is 26.1 Å². The van der Waals surface area contributed by atoms with Gasteiger partial charge in [0.15, 0.2) is 0 Å². The summed E-state index contributed by atoms with van der Waals surface area (Å²) in [6.45, 7) is 9.33. The molecule has 110 valence electrons. The van der Waals surface area contributed by atoms with Crippen LogP contribution in [0.4, 0.5) is 0 Å². The standard InChI is InChI=1S/C16H30N2O/c1-4-15(7-5-6-8-15)11-18-14(19)16(13(2)3)9-10-17-12-16/h13,17H,4-12H2,1-3H3,(H,18,19). The highest BCUT2D eigenvalue weighted by atomic mass is 16.2. The van der Waals surface area contributed by atoms with Gasteiger partial charge in [-0.15, -0.1) is 0 Å². The molecule has 1 unspecified atom stereocenters. The molecule has 3 nitrogen and oxygen atoms in total. The number of carbonyl (C=O) groups excluding carboxylic acids is 1. The van der Waals surface area contributed by atoms with E-state index in [4.69, 9.17) is 0 Å². The fourth-order valence-electron chi connectivity index (χ4n) is 3.88. The zero-order valence-corrected chi connectivity index (χ0v) is 12.8. The van der Waals surface area contributed by atoms with Crippen molar-refractivity contribution in [2.75, 3.05) is 19.6 Å². The van der Waals surface area contributed by atoms with Gasteiger partial charge in [-0.3, -0.25) is 4.79 Å². The van der Waals surface area contributed by atoms with Crippen molar-refractivity contribution in [2.24, 2.45) is 16.7 Å². The van der Waals surface area contributed by atoms with E-state index >= 15 is 0 Å². The first-order valence-electron chi connectivity index (χ1n) is 8.04. The zero-order valence-electron chi connectivity index (χ0n) is 12.8. The van der Waals surface area contributed by atoms with E-state index in [2.05, 4.69) is 31.4 Å². The van der Waals surface area contributed by atoms with Gasteiger partial charge in [-0.1, -0.05) is 33.6 Å². The number of hydrogen-bond acceptors (Lipinski definition) is 2. The second-order valence-electron chi connectivity index (χ2n) is 6.98. The minimum absolute atomic E-state index is 0.173. The molecule has 1 aliphatic heterocycles. The molecule has 0 aromatic heterocycles. The molecule has 19 heavy (non-hydrogen) atoms. The monoisotopic (exact) mass is 266 g/mol. The van der Waals surface area contributed by atoms with Crippen molar-refractivity contribution in [1.29, 1.82) is 0 Å². The summed E-state index contributed by atoms with van der Waals surface area (Å²) in [5, 5.41) is 6.67. The Morgan fingerprint density at radius 3 is 2.42 bits per heavy atom. The van der Waals surface area contributed by atoms with E-state index in [-0.39, 0.29) is 11.3 Å². The van der Waals surface area contributed by atoms with Crippen LogP contribution in [0.25, 0.3) is 0 Å². The van der Waals surface area contributed by atoms with Gasteiger partial charge in [0.2, 0.25) is 5.91 Å². The number of carbonyl (C=O) groups is 1. The molecular formula is C16H30N2O. The van der Waals surface area contributed by atoms with Gasteiger partial charge in [-0.25, -0.2) is 0 Å². The van der Waals surface area contributed by atoms with Crippen molar-refractivity contribution in [3.63, 3.8) is 0 Å². The van der Waals surface area contributed by atoms with Crippen molar-refractivity contribution in [2.45, 2.75) is 59.3 Å². The molecule has 1 atom stereocenters. The quantitative estimate of drug-likeness (QED) is 0.803. The average Bonchev–Trinajstić information content (AvgIpc) is 3.06. The first-order chi connectivity index (χ1) is 9.05. The Bertz CT molecular complexity index is 313. The van der Waals surface area contributed by atoms with Crippen LogP contribution >= 0.6 is 0 Å². The molecule has 2 rings (SSSR count). The van der Waals surface area contributed by atoms with Crippen LogP contribution in [-0.2, 0) is 4.79 Å². The van der Waals surface area contributed by atoms with Gasteiger partial charge in [0.1, 0.15) is 0 Å². The highest BCUT2D eigenvalue weighted by Crippen LogP contribution is 2.41. The van der Waals surface area contributed by atoms with Crippen molar-refractivity contribution >= 4 is 5.91 Å². The lowest BCUT2D eigenvalue weighted by molar-refractivity contribution is -0.133. The Kier molecular flexibility index (Phi) is 4.54. The van der Waals surface area contributed by atoms with Crippen LogP contribution in [0.2, 0.25) is 0 Å². The number of nitrogens with one attached hydrogen (secondary N) is 2. The van der Waals surface area contributed by atoms with Crippen LogP contribution in [0.1, 0.15) is 59.3 Å². The molecule has 2 N–H and O–H groups in total. The van der Waals surface area contributed by atoms with E-state index in [0.29, 0.717) is 11.3 Å². The first-order valence-corrected chi connectivity index (χ1v) is 8.04. The maximum Gasteiger partial charge on any atom is 0.227 e. The fraction of sp³-hybridized carbons (Fsp3) is 0.938. The van der Waals surface area contributed by atoms with E-state index in [1.807, 2.05) is 0 Å². The molecule has 0 spiro atoms. The van der Waals surface area contributed by atoms with Crippen LogP contribution in [0.15, 0.2) is 0 Å². The summed E-state index contributed by atoms with van der Waals surface area (Å²) < 4.78 is 0. The topological polar surface area (TPSA) is 41.1 Å². The predicted molar refractivity (Wildman–Crippen MR) is 79.0 cm³/mol. The van der Waals surface area contributed by atoms with Crippen molar-refractivity contribution in [3.8, 4) is 0 Å². The molecule has 1 aliphatic carbocycles. The smallest absolute Gasteiger partial charge is 0.227 e. The Morgan fingerprint density at radius 2 is 1.95 bits per heavy atom. The van der Waals surface area contributed by atoms with Gasteiger partial charge >= 0.3 is 0 Å². The summed E-state index contributed by atoms with van der Waals surface area (Å²) in [4.78, 5) is 12.7. The third-order valence-corrected chi connectivity index (χ3v) is 5.78. The lowest BCUT2D eigenvalue weighted by Crippen LogP contribution is -2.48. The van der Waals surface area contributed by atoms with Gasteiger partial charge in [0.05, 0.1) is 5.41 Å². The maximum absolute atomic E-state index is 12.7. The largest absolute Gasteiger partial charge is 0.355 e.